The Morgan fingerprint density at radius 2 is 1.79 bits per heavy atom. The smallest absolute Gasteiger partial charge is 0.291 e. The summed E-state index contributed by atoms with van der Waals surface area (Å²) in [5, 5.41) is 0. The monoisotopic (exact) mass is 399 g/mol. The highest BCUT2D eigenvalue weighted by Crippen LogP contribution is 2.32. The molecular weight excluding hydrogens is 374 g/mol. The zero-order valence-corrected chi connectivity index (χ0v) is 16.9. The lowest BCUT2D eigenvalue weighted by molar-refractivity contribution is -0.140. The Morgan fingerprint density at radius 1 is 1.18 bits per heavy atom. The van der Waals surface area contributed by atoms with Crippen LogP contribution in [0.15, 0.2) is 29.3 Å². The molecule has 8 heteroatoms. The molecule has 0 fully saturated rings. The molecule has 0 bridgehead atoms. The summed E-state index contributed by atoms with van der Waals surface area (Å²) in [6.45, 7) is 10.5. The van der Waals surface area contributed by atoms with Crippen molar-refractivity contribution in [3.05, 3.63) is 52.4 Å². The minimum Gasteiger partial charge on any atom is -0.291 e. The first-order valence-electron chi connectivity index (χ1n) is 8.95. The zero-order chi connectivity index (χ0) is 21.4. The summed E-state index contributed by atoms with van der Waals surface area (Å²) >= 11 is 0. The third kappa shape index (κ3) is 4.54. The fourth-order valence-corrected chi connectivity index (χ4v) is 3.01. The lowest BCUT2D eigenvalue weighted by atomic mass is 9.92. The zero-order valence-electron chi connectivity index (χ0n) is 16.9. The van der Waals surface area contributed by atoms with Crippen molar-refractivity contribution in [2.75, 3.05) is 0 Å². The van der Waals surface area contributed by atoms with Crippen LogP contribution in [-0.4, -0.2) is 15.3 Å². The van der Waals surface area contributed by atoms with Gasteiger partial charge < -0.3 is 0 Å². The number of aromatic nitrogens is 2. The highest BCUT2D eigenvalue weighted by atomic mass is 19.4. The summed E-state index contributed by atoms with van der Waals surface area (Å²) in [4.78, 5) is 16.5. The second-order valence-electron chi connectivity index (χ2n) is 8.22. The van der Waals surface area contributed by atoms with Crippen LogP contribution in [0.5, 0.6) is 0 Å². The summed E-state index contributed by atoms with van der Waals surface area (Å²) in [6.07, 6.45) is -4.88. The van der Waals surface area contributed by atoms with Crippen LogP contribution in [-0.2, 0) is 25.2 Å². The van der Waals surface area contributed by atoms with Gasteiger partial charge in [-0.1, -0.05) is 40.7 Å². The first-order valence-corrected chi connectivity index (χ1v) is 8.95. The summed E-state index contributed by atoms with van der Waals surface area (Å²) in [5.74, 6) is -2.42. The van der Waals surface area contributed by atoms with Crippen LogP contribution in [0.4, 0.5) is 17.6 Å². The van der Waals surface area contributed by atoms with Crippen molar-refractivity contribution >= 4 is 5.91 Å². The molecule has 154 valence electrons. The highest BCUT2D eigenvalue weighted by molar-refractivity contribution is 5.95. The van der Waals surface area contributed by atoms with Gasteiger partial charge in [0.2, 0.25) is 0 Å². The SMILES string of the molecule is CC(C)Cn1c(=NC(=O)c2cccc(C(F)(F)F)c2F)cc(C(C)(C)C)n1C. The topological polar surface area (TPSA) is 39.3 Å². The average Bonchev–Trinajstić information content (AvgIpc) is 2.82. The largest absolute Gasteiger partial charge is 0.419 e. The number of halogens is 4. The summed E-state index contributed by atoms with van der Waals surface area (Å²) in [7, 11) is 1.83. The van der Waals surface area contributed by atoms with Crippen molar-refractivity contribution in [1.29, 1.82) is 0 Å². The van der Waals surface area contributed by atoms with Gasteiger partial charge >= 0.3 is 6.18 Å². The van der Waals surface area contributed by atoms with Crippen molar-refractivity contribution < 1.29 is 22.4 Å². The molecule has 2 rings (SSSR count). The third-order valence-electron chi connectivity index (χ3n) is 4.30. The Labute approximate surface area is 161 Å². The number of hydrogen-bond donors (Lipinski definition) is 0. The van der Waals surface area contributed by atoms with Crippen LogP contribution in [0.3, 0.4) is 0 Å². The van der Waals surface area contributed by atoms with Gasteiger partial charge in [-0.15, -0.1) is 0 Å². The molecule has 0 radical (unpaired) electrons. The van der Waals surface area contributed by atoms with E-state index in [1.54, 1.807) is 10.7 Å². The second kappa shape index (κ2) is 7.56. The van der Waals surface area contributed by atoms with Gasteiger partial charge in [0.1, 0.15) is 5.82 Å². The summed E-state index contributed by atoms with van der Waals surface area (Å²) < 4.78 is 56.7. The van der Waals surface area contributed by atoms with Gasteiger partial charge in [-0.25, -0.2) is 4.39 Å². The number of hydrogen-bond acceptors (Lipinski definition) is 1. The first-order chi connectivity index (χ1) is 12.7. The number of benzene rings is 1. The number of alkyl halides is 3. The third-order valence-corrected chi connectivity index (χ3v) is 4.30. The molecule has 28 heavy (non-hydrogen) atoms. The second-order valence-corrected chi connectivity index (χ2v) is 8.22. The summed E-state index contributed by atoms with van der Waals surface area (Å²) in [6, 6.07) is 4.33. The Hall–Kier alpha value is -2.38. The number of amides is 1. The molecule has 0 saturated carbocycles. The maximum atomic E-state index is 14.3. The van der Waals surface area contributed by atoms with Crippen molar-refractivity contribution in [3.8, 4) is 0 Å². The van der Waals surface area contributed by atoms with Crippen molar-refractivity contribution in [2.45, 2.75) is 52.8 Å². The van der Waals surface area contributed by atoms with Gasteiger partial charge in [0.15, 0.2) is 5.49 Å². The van der Waals surface area contributed by atoms with E-state index in [0.717, 1.165) is 17.8 Å². The molecule has 1 heterocycles. The van der Waals surface area contributed by atoms with E-state index in [9.17, 15) is 22.4 Å². The molecule has 4 nitrogen and oxygen atoms in total. The lowest BCUT2D eigenvalue weighted by Gasteiger charge is -2.21. The Morgan fingerprint density at radius 3 is 2.29 bits per heavy atom. The Kier molecular flexibility index (Phi) is 5.92. The predicted molar refractivity (Wildman–Crippen MR) is 98.2 cm³/mol. The molecule has 0 saturated heterocycles. The Balaban J connectivity index is 2.64. The predicted octanol–water partition coefficient (Wildman–Crippen LogP) is 4.68. The lowest BCUT2D eigenvalue weighted by Crippen LogP contribution is -2.27. The summed E-state index contributed by atoms with van der Waals surface area (Å²) in [5.41, 5.74) is -1.25. The van der Waals surface area contributed by atoms with Crippen LogP contribution in [0, 0.1) is 11.7 Å². The number of nitrogens with zero attached hydrogens (tertiary/aromatic N) is 3. The fraction of sp³-hybridized carbons (Fsp3) is 0.500. The van der Waals surface area contributed by atoms with E-state index >= 15 is 0 Å². The fourth-order valence-electron chi connectivity index (χ4n) is 3.01. The molecule has 0 aliphatic heterocycles. The van der Waals surface area contributed by atoms with Crippen LogP contribution in [0.25, 0.3) is 0 Å². The molecule has 1 aromatic heterocycles. The van der Waals surface area contributed by atoms with Crippen molar-refractivity contribution in [2.24, 2.45) is 18.0 Å². The standard InChI is InChI=1S/C20H25F4N3O/c1-12(2)11-27-16(10-15(26(27)6)19(3,4)5)25-18(28)13-8-7-9-14(17(13)21)20(22,23)24/h7-10,12H,11H2,1-6H3. The molecule has 0 N–H and O–H groups in total. The van der Waals surface area contributed by atoms with E-state index in [4.69, 9.17) is 0 Å². The molecule has 0 spiro atoms. The highest BCUT2D eigenvalue weighted by Gasteiger charge is 2.35. The van der Waals surface area contributed by atoms with E-state index in [2.05, 4.69) is 4.99 Å². The van der Waals surface area contributed by atoms with E-state index in [1.165, 1.54) is 0 Å². The molecule has 0 aliphatic rings. The van der Waals surface area contributed by atoms with Gasteiger partial charge in [0.25, 0.3) is 5.91 Å². The molecule has 1 amide bonds. The van der Waals surface area contributed by atoms with Gasteiger partial charge in [-0.3, -0.25) is 14.2 Å². The first kappa shape index (κ1) is 21.9. The molecule has 0 aliphatic carbocycles. The quantitative estimate of drug-likeness (QED) is 0.691. The Bertz CT molecular complexity index is 944. The number of carbonyl (C=O) groups is 1. The van der Waals surface area contributed by atoms with Gasteiger partial charge in [-0.2, -0.15) is 18.2 Å². The van der Waals surface area contributed by atoms with Gasteiger partial charge in [0, 0.05) is 30.8 Å². The van der Waals surface area contributed by atoms with E-state index < -0.39 is 29.0 Å². The molecule has 1 aromatic carbocycles. The minimum atomic E-state index is -4.88. The molecule has 0 atom stereocenters. The normalized spacial score (nSPS) is 13.5. The van der Waals surface area contributed by atoms with Crippen LogP contribution < -0.4 is 5.49 Å². The van der Waals surface area contributed by atoms with Crippen molar-refractivity contribution in [1.82, 2.24) is 9.36 Å². The average molecular weight is 399 g/mol. The van der Waals surface area contributed by atoms with Crippen LogP contribution in [0.1, 0.15) is 56.2 Å². The number of rotatable bonds is 3. The van der Waals surface area contributed by atoms with E-state index in [0.29, 0.717) is 12.6 Å². The molecule has 2 aromatic rings. The maximum Gasteiger partial charge on any atom is 0.419 e. The van der Waals surface area contributed by atoms with E-state index in [1.807, 2.05) is 46.3 Å². The maximum absolute atomic E-state index is 14.3. The van der Waals surface area contributed by atoms with Crippen molar-refractivity contribution in [3.63, 3.8) is 0 Å². The van der Waals surface area contributed by atoms with Gasteiger partial charge in [-0.05, 0) is 18.1 Å². The van der Waals surface area contributed by atoms with E-state index in [-0.39, 0.29) is 16.8 Å². The minimum absolute atomic E-state index is 0.237. The van der Waals surface area contributed by atoms with Crippen LogP contribution in [0.2, 0.25) is 0 Å². The van der Waals surface area contributed by atoms with Gasteiger partial charge in [0.05, 0.1) is 11.1 Å². The molecular formula is C20H25F4N3O. The number of carbonyl (C=O) groups excluding carboxylic acids is 1. The van der Waals surface area contributed by atoms with Crippen LogP contribution >= 0.6 is 0 Å². The molecule has 0 unspecified atom stereocenters.